The second-order valence-electron chi connectivity index (χ2n) is 12.8. The van der Waals surface area contributed by atoms with E-state index in [-0.39, 0.29) is 0 Å². The number of furan rings is 1. The molecule has 0 aliphatic heterocycles. The minimum Gasteiger partial charge on any atom is -0.455 e. The first-order valence-corrected chi connectivity index (χ1v) is 17.1. The molecule has 0 spiro atoms. The lowest BCUT2D eigenvalue weighted by atomic mass is 9.89. The zero-order valence-electron chi connectivity index (χ0n) is 27.3. The standard InChI is InChI=1S/C48H31NO/c1-3-16-35(17-4-1)49(36-18-5-2-6-19-36)47-40-23-11-12-24-41(40)48-46(42-25-13-14-26-44(42)50-48)45(47)33-29-27-32(28-30-33)43-31-34-15-7-8-20-37(34)38-21-9-10-22-39(38)43/h1-31H. The van der Waals surface area contributed by atoms with E-state index in [4.69, 9.17) is 4.42 Å². The number of fused-ring (bicyclic) bond motifs is 8. The molecule has 0 aliphatic rings. The molecule has 0 radical (unpaired) electrons. The van der Waals surface area contributed by atoms with Crippen LogP contribution in [-0.2, 0) is 0 Å². The molecule has 2 nitrogen and oxygen atoms in total. The zero-order valence-corrected chi connectivity index (χ0v) is 27.3. The average Bonchev–Trinajstić information content (AvgIpc) is 3.58. The molecule has 0 amide bonds. The van der Waals surface area contributed by atoms with Gasteiger partial charge >= 0.3 is 0 Å². The summed E-state index contributed by atoms with van der Waals surface area (Å²) < 4.78 is 6.74. The maximum absolute atomic E-state index is 6.74. The maximum Gasteiger partial charge on any atom is 0.144 e. The molecule has 0 unspecified atom stereocenters. The number of nitrogens with zero attached hydrogens (tertiary/aromatic N) is 1. The molecule has 0 aliphatic carbocycles. The molecule has 2 heteroatoms. The molecule has 0 saturated heterocycles. The van der Waals surface area contributed by atoms with E-state index in [2.05, 4.69) is 193 Å². The fourth-order valence-corrected chi connectivity index (χ4v) is 7.81. The van der Waals surface area contributed by atoms with Gasteiger partial charge in [0.1, 0.15) is 11.2 Å². The van der Waals surface area contributed by atoms with Gasteiger partial charge in [0.25, 0.3) is 0 Å². The van der Waals surface area contributed by atoms with Crippen LogP contribution in [0.1, 0.15) is 0 Å². The average molecular weight is 638 g/mol. The summed E-state index contributed by atoms with van der Waals surface area (Å²) in [6.45, 7) is 0. The minimum absolute atomic E-state index is 0.885. The van der Waals surface area contributed by atoms with Crippen LogP contribution in [0.2, 0.25) is 0 Å². The van der Waals surface area contributed by atoms with Crippen molar-refractivity contribution >= 4 is 71.3 Å². The van der Waals surface area contributed by atoms with Crippen LogP contribution in [0.3, 0.4) is 0 Å². The third kappa shape index (κ3) is 4.43. The van der Waals surface area contributed by atoms with Gasteiger partial charge in [-0.2, -0.15) is 0 Å². The highest BCUT2D eigenvalue weighted by Gasteiger charge is 2.26. The van der Waals surface area contributed by atoms with Gasteiger partial charge in [-0.05, 0) is 74.6 Å². The van der Waals surface area contributed by atoms with Crippen molar-refractivity contribution in [2.24, 2.45) is 0 Å². The van der Waals surface area contributed by atoms with Crippen LogP contribution in [0.15, 0.2) is 192 Å². The lowest BCUT2D eigenvalue weighted by Crippen LogP contribution is -2.12. The molecular formula is C48H31NO. The van der Waals surface area contributed by atoms with E-state index in [0.717, 1.165) is 60.9 Å². The van der Waals surface area contributed by atoms with E-state index in [1.54, 1.807) is 0 Å². The highest BCUT2D eigenvalue weighted by atomic mass is 16.3. The van der Waals surface area contributed by atoms with E-state index < -0.39 is 0 Å². The molecule has 1 heterocycles. The molecule has 50 heavy (non-hydrogen) atoms. The van der Waals surface area contributed by atoms with E-state index in [1.165, 1.54) is 32.7 Å². The Morgan fingerprint density at radius 2 is 0.900 bits per heavy atom. The molecule has 10 aromatic rings. The largest absolute Gasteiger partial charge is 0.455 e. The molecule has 10 rings (SSSR count). The van der Waals surface area contributed by atoms with Crippen LogP contribution in [0.5, 0.6) is 0 Å². The molecule has 0 bridgehead atoms. The maximum atomic E-state index is 6.74. The lowest BCUT2D eigenvalue weighted by Gasteiger charge is -2.30. The van der Waals surface area contributed by atoms with Crippen molar-refractivity contribution in [2.75, 3.05) is 4.90 Å². The Morgan fingerprint density at radius 3 is 1.60 bits per heavy atom. The Labute approximate surface area is 290 Å². The van der Waals surface area contributed by atoms with Gasteiger partial charge in [0, 0.05) is 38.5 Å². The van der Waals surface area contributed by atoms with E-state index in [0.29, 0.717) is 0 Å². The predicted octanol–water partition coefficient (Wildman–Crippen LogP) is 13.8. The third-order valence-corrected chi connectivity index (χ3v) is 10.0. The van der Waals surface area contributed by atoms with Gasteiger partial charge in [-0.3, -0.25) is 0 Å². The molecule has 0 saturated carbocycles. The van der Waals surface area contributed by atoms with Gasteiger partial charge in [0.2, 0.25) is 0 Å². The van der Waals surface area contributed by atoms with E-state index in [1.807, 2.05) is 0 Å². The minimum atomic E-state index is 0.885. The molecular weight excluding hydrogens is 607 g/mol. The van der Waals surface area contributed by atoms with Crippen molar-refractivity contribution in [3.63, 3.8) is 0 Å². The van der Waals surface area contributed by atoms with Crippen molar-refractivity contribution in [1.82, 2.24) is 0 Å². The van der Waals surface area contributed by atoms with Crippen molar-refractivity contribution in [3.05, 3.63) is 188 Å². The highest BCUT2D eigenvalue weighted by Crippen LogP contribution is 2.52. The predicted molar refractivity (Wildman–Crippen MR) is 212 cm³/mol. The summed E-state index contributed by atoms with van der Waals surface area (Å²) in [4.78, 5) is 2.41. The lowest BCUT2D eigenvalue weighted by molar-refractivity contribution is 0.673. The number of hydrogen-bond donors (Lipinski definition) is 0. The molecule has 1 aromatic heterocycles. The summed E-state index contributed by atoms with van der Waals surface area (Å²) in [6, 6.07) is 67.4. The van der Waals surface area contributed by atoms with E-state index in [9.17, 15) is 0 Å². The summed E-state index contributed by atoms with van der Waals surface area (Å²) in [6.07, 6.45) is 0. The van der Waals surface area contributed by atoms with E-state index >= 15 is 0 Å². The number of hydrogen-bond acceptors (Lipinski definition) is 2. The summed E-state index contributed by atoms with van der Waals surface area (Å²) in [5.74, 6) is 0. The summed E-state index contributed by atoms with van der Waals surface area (Å²) in [7, 11) is 0. The van der Waals surface area contributed by atoms with Gasteiger partial charge in [0.05, 0.1) is 5.69 Å². The first-order chi connectivity index (χ1) is 24.8. The van der Waals surface area contributed by atoms with Crippen LogP contribution in [0, 0.1) is 0 Å². The van der Waals surface area contributed by atoms with Gasteiger partial charge in [-0.1, -0.05) is 152 Å². The number of anilines is 3. The van der Waals surface area contributed by atoms with Crippen LogP contribution in [0.25, 0.3) is 76.5 Å². The quantitative estimate of drug-likeness (QED) is 0.175. The Kier molecular flexibility index (Phi) is 6.53. The third-order valence-electron chi connectivity index (χ3n) is 10.0. The van der Waals surface area contributed by atoms with Gasteiger partial charge in [-0.25, -0.2) is 0 Å². The molecule has 234 valence electrons. The fourth-order valence-electron chi connectivity index (χ4n) is 7.81. The van der Waals surface area contributed by atoms with Crippen LogP contribution in [-0.4, -0.2) is 0 Å². The van der Waals surface area contributed by atoms with Crippen molar-refractivity contribution in [1.29, 1.82) is 0 Å². The Morgan fingerprint density at radius 1 is 0.380 bits per heavy atom. The summed E-state index contributed by atoms with van der Waals surface area (Å²) in [5.41, 5.74) is 9.81. The van der Waals surface area contributed by atoms with Gasteiger partial charge < -0.3 is 9.32 Å². The van der Waals surface area contributed by atoms with Crippen molar-refractivity contribution in [2.45, 2.75) is 0 Å². The number of rotatable bonds is 5. The first-order valence-electron chi connectivity index (χ1n) is 17.1. The molecule has 0 N–H and O–H groups in total. The monoisotopic (exact) mass is 637 g/mol. The fraction of sp³-hybridized carbons (Fsp3) is 0. The second kappa shape index (κ2) is 11.5. The number of benzene rings is 9. The SMILES string of the molecule is c1ccc(N(c2ccccc2)c2c(-c3ccc(-c4cc5ccccc5c5ccccc45)cc3)c3c4ccccc4oc3c3ccccc23)cc1. The molecule has 9 aromatic carbocycles. The number of para-hydroxylation sites is 3. The second-order valence-corrected chi connectivity index (χ2v) is 12.8. The van der Waals surface area contributed by atoms with Crippen molar-refractivity contribution < 1.29 is 4.42 Å². The summed E-state index contributed by atoms with van der Waals surface area (Å²) >= 11 is 0. The zero-order chi connectivity index (χ0) is 33.0. The highest BCUT2D eigenvalue weighted by molar-refractivity contribution is 6.27. The van der Waals surface area contributed by atoms with Crippen LogP contribution >= 0.6 is 0 Å². The molecule has 0 fully saturated rings. The van der Waals surface area contributed by atoms with Crippen LogP contribution < -0.4 is 4.90 Å². The van der Waals surface area contributed by atoms with Crippen LogP contribution in [0.4, 0.5) is 17.1 Å². The topological polar surface area (TPSA) is 16.4 Å². The van der Waals surface area contributed by atoms with Crippen molar-refractivity contribution in [3.8, 4) is 22.3 Å². The normalized spacial score (nSPS) is 11.6. The Balaban J connectivity index is 1.30. The summed E-state index contributed by atoms with van der Waals surface area (Å²) in [5, 5.41) is 9.50. The Bertz CT molecular complexity index is 2810. The molecule has 0 atom stereocenters. The Hall–Kier alpha value is -6.64. The smallest absolute Gasteiger partial charge is 0.144 e. The van der Waals surface area contributed by atoms with Gasteiger partial charge in [-0.15, -0.1) is 0 Å². The first kappa shape index (κ1) is 28.4. The van der Waals surface area contributed by atoms with Gasteiger partial charge in [0.15, 0.2) is 0 Å².